The van der Waals surface area contributed by atoms with Gasteiger partial charge in [-0.05, 0) is 52.0 Å². The molecule has 1 amide bonds. The lowest BCUT2D eigenvalue weighted by atomic mass is 10.2. The van der Waals surface area contributed by atoms with Crippen LogP contribution in [0.5, 0.6) is 5.75 Å². The molecule has 0 saturated heterocycles. The predicted molar refractivity (Wildman–Crippen MR) is 72.1 cm³/mol. The van der Waals surface area contributed by atoms with Gasteiger partial charge in [-0.15, -0.1) is 0 Å². The van der Waals surface area contributed by atoms with Gasteiger partial charge in [0.25, 0.3) is 0 Å². The van der Waals surface area contributed by atoms with Crippen molar-refractivity contribution in [2.45, 2.75) is 33.3 Å². The number of esters is 1. The van der Waals surface area contributed by atoms with Crippen LogP contribution in [0.4, 0.5) is 5.69 Å². The van der Waals surface area contributed by atoms with E-state index in [4.69, 9.17) is 4.74 Å². The molecule has 0 bridgehead atoms. The van der Waals surface area contributed by atoms with E-state index in [1.807, 2.05) is 20.8 Å². The number of hydrogen-bond acceptors (Lipinski definition) is 4. The van der Waals surface area contributed by atoms with Gasteiger partial charge in [0.15, 0.2) is 0 Å². The largest absolute Gasteiger partial charge is 0.488 e. The average Bonchev–Trinajstić information content (AvgIpc) is 2.30. The fourth-order valence-corrected chi connectivity index (χ4v) is 1.34. The van der Waals surface area contributed by atoms with Gasteiger partial charge < -0.3 is 14.8 Å². The van der Waals surface area contributed by atoms with Gasteiger partial charge in [0.05, 0.1) is 6.61 Å². The molecular weight excluding hydrogens is 246 g/mol. The number of rotatable bonds is 3. The fraction of sp³-hybridized carbons (Fsp3) is 0.429. The number of ether oxygens (including phenoxy) is 2. The van der Waals surface area contributed by atoms with Gasteiger partial charge in [0.2, 0.25) is 0 Å². The molecule has 1 aromatic rings. The van der Waals surface area contributed by atoms with E-state index in [0.29, 0.717) is 11.4 Å². The number of nitrogens with one attached hydrogen (secondary N) is 1. The van der Waals surface area contributed by atoms with Gasteiger partial charge in [-0.2, -0.15) is 0 Å². The topological polar surface area (TPSA) is 64.6 Å². The minimum atomic E-state index is -0.891. The van der Waals surface area contributed by atoms with Crippen molar-refractivity contribution in [2.75, 3.05) is 11.9 Å². The summed E-state index contributed by atoms with van der Waals surface area (Å²) in [5.74, 6) is -0.981. The number of hydrogen-bond donors (Lipinski definition) is 1. The smallest absolute Gasteiger partial charge is 0.397 e. The Balaban J connectivity index is 2.62. The summed E-state index contributed by atoms with van der Waals surface area (Å²) in [5.41, 5.74) is 0.231. The first-order chi connectivity index (χ1) is 8.81. The normalized spacial score (nSPS) is 10.7. The molecule has 104 valence electrons. The van der Waals surface area contributed by atoms with Gasteiger partial charge in [-0.25, -0.2) is 4.79 Å². The molecule has 0 aromatic heterocycles. The molecule has 0 saturated carbocycles. The SMILES string of the molecule is CCOC(=O)C(=O)Nc1ccc(OC(C)(C)C)cc1. The Bertz CT molecular complexity index is 446. The van der Waals surface area contributed by atoms with Crippen LogP contribution in [0.2, 0.25) is 0 Å². The van der Waals surface area contributed by atoms with Crippen molar-refractivity contribution < 1.29 is 19.1 Å². The van der Waals surface area contributed by atoms with Gasteiger partial charge in [-0.1, -0.05) is 0 Å². The molecule has 0 aliphatic rings. The summed E-state index contributed by atoms with van der Waals surface area (Å²) >= 11 is 0. The van der Waals surface area contributed by atoms with E-state index >= 15 is 0 Å². The third kappa shape index (κ3) is 5.42. The van der Waals surface area contributed by atoms with Gasteiger partial charge in [-0.3, -0.25) is 4.79 Å². The van der Waals surface area contributed by atoms with Crippen LogP contribution in [-0.4, -0.2) is 24.1 Å². The second kappa shape index (κ2) is 6.22. The molecule has 1 aromatic carbocycles. The molecule has 5 nitrogen and oxygen atoms in total. The van der Waals surface area contributed by atoms with Crippen LogP contribution in [0.25, 0.3) is 0 Å². The molecule has 0 spiro atoms. The molecule has 0 aliphatic carbocycles. The summed E-state index contributed by atoms with van der Waals surface area (Å²) in [7, 11) is 0. The molecule has 1 rings (SSSR count). The Morgan fingerprint density at radius 1 is 1.16 bits per heavy atom. The van der Waals surface area contributed by atoms with E-state index in [-0.39, 0.29) is 12.2 Å². The minimum Gasteiger partial charge on any atom is -0.488 e. The van der Waals surface area contributed by atoms with Crippen LogP contribution in [0.1, 0.15) is 27.7 Å². The lowest BCUT2D eigenvalue weighted by Gasteiger charge is -2.21. The van der Waals surface area contributed by atoms with E-state index in [1.54, 1.807) is 31.2 Å². The van der Waals surface area contributed by atoms with Crippen LogP contribution in [0.3, 0.4) is 0 Å². The van der Waals surface area contributed by atoms with Gasteiger partial charge in [0, 0.05) is 5.69 Å². The van der Waals surface area contributed by atoms with Gasteiger partial charge in [0.1, 0.15) is 11.4 Å². The van der Waals surface area contributed by atoms with E-state index in [0.717, 1.165) is 0 Å². The third-order valence-electron chi connectivity index (χ3n) is 2.00. The molecule has 0 fully saturated rings. The monoisotopic (exact) mass is 265 g/mol. The molecule has 0 unspecified atom stereocenters. The number of amides is 1. The third-order valence-corrected chi connectivity index (χ3v) is 2.00. The minimum absolute atomic E-state index is 0.171. The van der Waals surface area contributed by atoms with E-state index in [1.165, 1.54) is 0 Å². The first-order valence-electron chi connectivity index (χ1n) is 6.09. The Morgan fingerprint density at radius 3 is 2.21 bits per heavy atom. The van der Waals surface area contributed by atoms with Crippen LogP contribution >= 0.6 is 0 Å². The Labute approximate surface area is 112 Å². The van der Waals surface area contributed by atoms with Crippen molar-refractivity contribution in [1.29, 1.82) is 0 Å². The van der Waals surface area contributed by atoms with Gasteiger partial charge >= 0.3 is 11.9 Å². The van der Waals surface area contributed by atoms with E-state index < -0.39 is 11.9 Å². The summed E-state index contributed by atoms with van der Waals surface area (Å²) in [5, 5.41) is 2.45. The summed E-state index contributed by atoms with van der Waals surface area (Å²) in [6, 6.07) is 6.79. The average molecular weight is 265 g/mol. The summed E-state index contributed by atoms with van der Waals surface area (Å²) in [4.78, 5) is 22.5. The second-order valence-electron chi connectivity index (χ2n) is 4.91. The number of carbonyl (C=O) groups excluding carboxylic acids is 2. The zero-order chi connectivity index (χ0) is 14.5. The van der Waals surface area contributed by atoms with Crippen LogP contribution < -0.4 is 10.1 Å². The van der Waals surface area contributed by atoms with Crippen molar-refractivity contribution >= 4 is 17.6 Å². The molecule has 0 atom stereocenters. The summed E-state index contributed by atoms with van der Waals surface area (Å²) in [6.45, 7) is 7.66. The lowest BCUT2D eigenvalue weighted by molar-refractivity contribution is -0.152. The lowest BCUT2D eigenvalue weighted by Crippen LogP contribution is -2.25. The summed E-state index contributed by atoms with van der Waals surface area (Å²) < 4.78 is 10.2. The highest BCUT2D eigenvalue weighted by Crippen LogP contribution is 2.20. The maximum absolute atomic E-state index is 11.4. The van der Waals surface area contributed by atoms with E-state index in [2.05, 4.69) is 10.1 Å². The molecule has 0 heterocycles. The zero-order valence-corrected chi connectivity index (χ0v) is 11.6. The van der Waals surface area contributed by atoms with Crippen molar-refractivity contribution in [3.63, 3.8) is 0 Å². The van der Waals surface area contributed by atoms with Crippen LogP contribution in [0.15, 0.2) is 24.3 Å². The van der Waals surface area contributed by atoms with Crippen molar-refractivity contribution in [1.82, 2.24) is 0 Å². The van der Waals surface area contributed by atoms with Crippen molar-refractivity contribution in [3.05, 3.63) is 24.3 Å². The summed E-state index contributed by atoms with van der Waals surface area (Å²) in [6.07, 6.45) is 0. The molecule has 0 aliphatic heterocycles. The maximum Gasteiger partial charge on any atom is 0.397 e. The Morgan fingerprint density at radius 2 is 1.74 bits per heavy atom. The molecule has 0 radical (unpaired) electrons. The quantitative estimate of drug-likeness (QED) is 0.673. The highest BCUT2D eigenvalue weighted by atomic mass is 16.5. The first kappa shape index (κ1) is 15.0. The Kier molecular flexibility index (Phi) is 4.92. The van der Waals surface area contributed by atoms with Crippen LogP contribution in [-0.2, 0) is 14.3 Å². The molecule has 1 N–H and O–H groups in total. The van der Waals surface area contributed by atoms with Crippen LogP contribution in [0, 0.1) is 0 Å². The standard InChI is InChI=1S/C14H19NO4/c1-5-18-13(17)12(16)15-10-6-8-11(9-7-10)19-14(2,3)4/h6-9H,5H2,1-4H3,(H,15,16). The molecule has 5 heteroatoms. The highest BCUT2D eigenvalue weighted by molar-refractivity contribution is 6.37. The second-order valence-corrected chi connectivity index (χ2v) is 4.91. The van der Waals surface area contributed by atoms with E-state index in [9.17, 15) is 9.59 Å². The maximum atomic E-state index is 11.4. The van der Waals surface area contributed by atoms with Crippen molar-refractivity contribution in [2.24, 2.45) is 0 Å². The fourth-order valence-electron chi connectivity index (χ4n) is 1.34. The highest BCUT2D eigenvalue weighted by Gasteiger charge is 2.15. The molecular formula is C14H19NO4. The Hall–Kier alpha value is -2.04. The predicted octanol–water partition coefficient (Wildman–Crippen LogP) is 2.37. The number of carbonyl (C=O) groups is 2. The zero-order valence-electron chi connectivity index (χ0n) is 11.6. The molecule has 19 heavy (non-hydrogen) atoms. The van der Waals surface area contributed by atoms with Crippen molar-refractivity contribution in [3.8, 4) is 5.75 Å². The number of benzene rings is 1. The first-order valence-corrected chi connectivity index (χ1v) is 6.09. The number of anilines is 1.